The summed E-state index contributed by atoms with van der Waals surface area (Å²) in [7, 11) is 1.53. The fraction of sp³-hybridized carbons (Fsp3) is 0.333. The van der Waals surface area contributed by atoms with E-state index < -0.39 is 17.5 Å². The van der Waals surface area contributed by atoms with Crippen LogP contribution in [0.5, 0.6) is 0 Å². The number of aliphatic hydroxyl groups excluding tert-OH is 1. The smallest absolute Gasteiger partial charge is 0.255 e. The van der Waals surface area contributed by atoms with Gasteiger partial charge in [-0.15, -0.1) is 0 Å². The van der Waals surface area contributed by atoms with Gasteiger partial charge in [-0.2, -0.15) is 0 Å². The molecule has 2 aliphatic heterocycles. The van der Waals surface area contributed by atoms with Gasteiger partial charge < -0.3 is 25.5 Å². The number of likely N-dealkylation sites (N-methyl/N-ethyl adjacent to an activating group) is 1. The van der Waals surface area contributed by atoms with Crippen LogP contribution in [-0.2, 0) is 9.63 Å². The second kappa shape index (κ2) is 9.55. The number of aromatic nitrogens is 2. The van der Waals surface area contributed by atoms with E-state index in [1.54, 1.807) is 30.5 Å². The molecule has 0 saturated carbocycles. The molecule has 2 aromatic rings. The highest BCUT2D eigenvalue weighted by Gasteiger charge is 2.47. The number of rotatable bonds is 6. The molecule has 2 aliphatic rings. The van der Waals surface area contributed by atoms with Crippen molar-refractivity contribution in [1.82, 2.24) is 25.7 Å². The number of benzene rings is 1. The number of carbonyl (C=O) groups is 2. The summed E-state index contributed by atoms with van der Waals surface area (Å²) in [6.07, 6.45) is 6.25. The summed E-state index contributed by atoms with van der Waals surface area (Å²) in [6.45, 7) is 5.34. The maximum absolute atomic E-state index is 13.6. The van der Waals surface area contributed by atoms with E-state index in [1.807, 2.05) is 20.8 Å². The molecule has 4 rings (SSSR count). The number of halogens is 1. The van der Waals surface area contributed by atoms with Gasteiger partial charge in [0.05, 0.1) is 41.5 Å². The molecule has 10 nitrogen and oxygen atoms in total. The molecular weight excluding hydrogens is 472 g/mol. The minimum atomic E-state index is -0.777. The van der Waals surface area contributed by atoms with Gasteiger partial charge in [-0.05, 0) is 17.0 Å². The van der Waals surface area contributed by atoms with Crippen molar-refractivity contribution in [3.8, 4) is 11.3 Å². The molecule has 4 N–H and O–H groups in total. The van der Waals surface area contributed by atoms with Crippen molar-refractivity contribution in [1.29, 1.82) is 0 Å². The fourth-order valence-electron chi connectivity index (χ4n) is 4.30. The van der Waals surface area contributed by atoms with Gasteiger partial charge in [0, 0.05) is 24.3 Å². The summed E-state index contributed by atoms with van der Waals surface area (Å²) < 4.78 is 0. The Labute approximate surface area is 208 Å². The standard InChI is InChI=1S/C24H27ClN6O4/c1-24(2,3)20(21(33)26-4)31-18(12-32)15-6-5-13(9-16(15)22(31)34)19-17(25)11-27-23(30-19)29-14-7-8-35-28-10-14/h5-11,18,20,28,32H,12H2,1-4H3,(H,26,33)(H,27,29,30). The minimum Gasteiger partial charge on any atom is -0.394 e. The van der Waals surface area contributed by atoms with Gasteiger partial charge >= 0.3 is 0 Å². The highest BCUT2D eigenvalue weighted by Crippen LogP contribution is 2.41. The van der Waals surface area contributed by atoms with Crippen molar-refractivity contribution in [2.24, 2.45) is 5.41 Å². The molecule has 1 aromatic heterocycles. The van der Waals surface area contributed by atoms with E-state index in [9.17, 15) is 14.7 Å². The molecule has 2 amide bonds. The molecular formula is C24H27ClN6O4. The third kappa shape index (κ3) is 4.67. The van der Waals surface area contributed by atoms with Crippen molar-refractivity contribution >= 4 is 29.4 Å². The molecule has 35 heavy (non-hydrogen) atoms. The van der Waals surface area contributed by atoms with Crippen LogP contribution in [0.3, 0.4) is 0 Å². The quantitative estimate of drug-likeness (QED) is 0.478. The van der Waals surface area contributed by atoms with Gasteiger partial charge in [-0.1, -0.05) is 44.5 Å². The maximum atomic E-state index is 13.6. The number of nitrogens with zero attached hydrogens (tertiary/aromatic N) is 3. The first-order valence-electron chi connectivity index (χ1n) is 11.0. The maximum Gasteiger partial charge on any atom is 0.255 e. The van der Waals surface area contributed by atoms with Crippen LogP contribution in [0.25, 0.3) is 11.3 Å². The summed E-state index contributed by atoms with van der Waals surface area (Å²) in [5.41, 5.74) is 4.80. The third-order valence-corrected chi connectivity index (χ3v) is 6.13. The van der Waals surface area contributed by atoms with Gasteiger partial charge in [0.2, 0.25) is 11.9 Å². The predicted octanol–water partition coefficient (Wildman–Crippen LogP) is 2.75. The van der Waals surface area contributed by atoms with Crippen LogP contribution in [0, 0.1) is 5.41 Å². The average Bonchev–Trinajstić information content (AvgIpc) is 3.10. The van der Waals surface area contributed by atoms with Gasteiger partial charge in [-0.3, -0.25) is 9.59 Å². The Bertz CT molecular complexity index is 1220. The van der Waals surface area contributed by atoms with E-state index in [0.717, 1.165) is 0 Å². The van der Waals surface area contributed by atoms with Crippen molar-refractivity contribution in [2.75, 3.05) is 19.0 Å². The van der Waals surface area contributed by atoms with Gasteiger partial charge in [0.25, 0.3) is 5.91 Å². The minimum absolute atomic E-state index is 0.294. The van der Waals surface area contributed by atoms with Gasteiger partial charge in [0.15, 0.2) is 0 Å². The zero-order chi connectivity index (χ0) is 25.3. The number of nitrogens with one attached hydrogen (secondary N) is 3. The molecule has 3 heterocycles. The van der Waals surface area contributed by atoms with E-state index in [4.69, 9.17) is 16.4 Å². The Morgan fingerprint density at radius 1 is 1.37 bits per heavy atom. The molecule has 0 saturated heterocycles. The van der Waals surface area contributed by atoms with E-state index in [0.29, 0.717) is 39.1 Å². The lowest BCUT2D eigenvalue weighted by Gasteiger charge is -2.39. The second-order valence-corrected chi connectivity index (χ2v) is 9.66. The zero-order valence-corrected chi connectivity index (χ0v) is 20.6. The van der Waals surface area contributed by atoms with Crippen LogP contribution in [0.1, 0.15) is 42.7 Å². The monoisotopic (exact) mass is 498 g/mol. The lowest BCUT2D eigenvalue weighted by molar-refractivity contribution is -0.129. The van der Waals surface area contributed by atoms with Crippen molar-refractivity contribution in [3.63, 3.8) is 0 Å². The Morgan fingerprint density at radius 2 is 2.14 bits per heavy atom. The average molecular weight is 499 g/mol. The topological polar surface area (TPSA) is 129 Å². The predicted molar refractivity (Wildman–Crippen MR) is 131 cm³/mol. The summed E-state index contributed by atoms with van der Waals surface area (Å²) in [6, 6.07) is 3.83. The Balaban J connectivity index is 1.72. The highest BCUT2D eigenvalue weighted by atomic mass is 35.5. The number of fused-ring (bicyclic) bond motifs is 1. The summed E-state index contributed by atoms with van der Waals surface area (Å²) >= 11 is 6.41. The number of carbonyl (C=O) groups excluding carboxylic acids is 2. The molecule has 2 unspecified atom stereocenters. The molecule has 2 atom stereocenters. The first-order valence-corrected chi connectivity index (χ1v) is 11.4. The number of aliphatic hydroxyl groups is 1. The van der Waals surface area contributed by atoms with Crippen molar-refractivity contribution in [2.45, 2.75) is 32.9 Å². The van der Waals surface area contributed by atoms with Crippen LogP contribution in [0.15, 0.2) is 48.6 Å². The third-order valence-electron chi connectivity index (χ3n) is 5.85. The van der Waals surface area contributed by atoms with Crippen LogP contribution in [-0.4, -0.2) is 51.5 Å². The molecule has 0 fully saturated rings. The Morgan fingerprint density at radius 3 is 2.77 bits per heavy atom. The lowest BCUT2D eigenvalue weighted by Crippen LogP contribution is -2.54. The number of anilines is 1. The van der Waals surface area contributed by atoms with E-state index in [2.05, 4.69) is 26.1 Å². The number of amides is 2. The van der Waals surface area contributed by atoms with Gasteiger partial charge in [-0.25, -0.2) is 15.4 Å². The zero-order valence-electron chi connectivity index (χ0n) is 19.8. The molecule has 0 aliphatic carbocycles. The Hall–Kier alpha value is -3.63. The summed E-state index contributed by atoms with van der Waals surface area (Å²) in [5, 5.41) is 16.2. The number of hydrogen-bond donors (Lipinski definition) is 4. The molecule has 0 bridgehead atoms. The van der Waals surface area contributed by atoms with E-state index in [-0.39, 0.29) is 18.4 Å². The van der Waals surface area contributed by atoms with Crippen LogP contribution in [0.2, 0.25) is 5.02 Å². The molecule has 1 aromatic carbocycles. The molecule has 0 spiro atoms. The number of allylic oxidation sites excluding steroid dienone is 1. The van der Waals surface area contributed by atoms with Crippen LogP contribution in [0.4, 0.5) is 5.95 Å². The summed E-state index contributed by atoms with van der Waals surface area (Å²) in [5.74, 6) is -0.326. The first kappa shape index (κ1) is 24.5. The molecule has 0 radical (unpaired) electrons. The largest absolute Gasteiger partial charge is 0.394 e. The van der Waals surface area contributed by atoms with Crippen molar-refractivity contribution < 1.29 is 19.5 Å². The van der Waals surface area contributed by atoms with E-state index in [1.165, 1.54) is 24.4 Å². The lowest BCUT2D eigenvalue weighted by atomic mass is 9.84. The van der Waals surface area contributed by atoms with Crippen LogP contribution >= 0.6 is 11.6 Å². The Kier molecular flexibility index (Phi) is 6.68. The number of hydroxylamine groups is 1. The van der Waals surface area contributed by atoms with E-state index >= 15 is 0 Å². The normalized spacial score (nSPS) is 17.8. The number of hydrogen-bond acceptors (Lipinski definition) is 8. The fourth-order valence-corrected chi connectivity index (χ4v) is 4.50. The second-order valence-electron chi connectivity index (χ2n) is 9.25. The highest BCUT2D eigenvalue weighted by molar-refractivity contribution is 6.33. The van der Waals surface area contributed by atoms with Gasteiger partial charge in [0.1, 0.15) is 12.3 Å². The first-order chi connectivity index (χ1) is 16.7. The van der Waals surface area contributed by atoms with Crippen LogP contribution < -0.4 is 16.1 Å². The summed E-state index contributed by atoms with van der Waals surface area (Å²) in [4.78, 5) is 41.5. The molecule has 11 heteroatoms. The van der Waals surface area contributed by atoms with Crippen molar-refractivity contribution in [3.05, 3.63) is 64.8 Å². The SMILES string of the molecule is CNC(=O)C(N1C(=O)c2cc(-c3nc(NC4=CNOC=C4)ncc3Cl)ccc2C1CO)C(C)(C)C. The molecule has 184 valence electrons.